The van der Waals surface area contributed by atoms with Gasteiger partial charge in [-0.3, -0.25) is 4.98 Å². The molecule has 0 bridgehead atoms. The van der Waals surface area contributed by atoms with Crippen LogP contribution in [0.15, 0.2) is 140 Å². The Balaban J connectivity index is 0.000000170. The molecule has 2 aliphatic heterocycles. The van der Waals surface area contributed by atoms with Gasteiger partial charge in [-0.25, -0.2) is 4.98 Å². The minimum Gasteiger partial charge on any atom is -0.436 e. The Kier molecular flexibility index (Phi) is 11.4. The molecule has 0 saturated heterocycles. The molecule has 1 radical (unpaired) electrons. The van der Waals surface area contributed by atoms with E-state index in [0.29, 0.717) is 11.8 Å². The molecule has 0 aliphatic carbocycles. The average molecular weight is 909 g/mol. The molecule has 9 rings (SSSR count). The van der Waals surface area contributed by atoms with Gasteiger partial charge in [-0.2, -0.15) is 24.3 Å². The molecule has 281 valence electrons. The fourth-order valence-corrected chi connectivity index (χ4v) is 8.43. The number of pyridine rings is 1. The Bertz CT molecular complexity index is 2320. The maximum absolute atomic E-state index is 4.79. The molecule has 4 heterocycles. The van der Waals surface area contributed by atoms with Gasteiger partial charge in [-0.15, -0.1) is 30.3 Å². The van der Waals surface area contributed by atoms with Crippen LogP contribution in [0.1, 0.15) is 61.8 Å². The Morgan fingerprint density at radius 1 is 0.589 bits per heavy atom. The van der Waals surface area contributed by atoms with Crippen LogP contribution in [-0.2, 0) is 20.1 Å². The summed E-state index contributed by atoms with van der Waals surface area (Å²) >= 11 is 0. The fraction of sp³-hybridized carbons (Fsp3) is 0.191. The number of nitrogens with zero attached hydrogens (tertiary/aromatic N) is 6. The van der Waals surface area contributed by atoms with E-state index in [2.05, 4.69) is 188 Å². The molecule has 0 spiro atoms. The number of imidazole rings is 1. The molecule has 0 saturated carbocycles. The van der Waals surface area contributed by atoms with Gasteiger partial charge in [0.2, 0.25) is 0 Å². The van der Waals surface area contributed by atoms with Gasteiger partial charge in [0.25, 0.3) is 0 Å². The van der Waals surface area contributed by atoms with Crippen molar-refractivity contribution < 1.29 is 20.1 Å². The van der Waals surface area contributed by atoms with Crippen LogP contribution < -0.4 is 25.4 Å². The van der Waals surface area contributed by atoms with E-state index in [-0.39, 0.29) is 34.1 Å². The van der Waals surface area contributed by atoms with Gasteiger partial charge < -0.3 is 18.9 Å². The third-order valence-corrected chi connectivity index (χ3v) is 10.9. The minimum absolute atomic E-state index is 0. The van der Waals surface area contributed by atoms with Crippen LogP contribution in [0, 0.1) is 26.0 Å². The normalized spacial score (nSPS) is 12.9. The first-order valence-electron chi connectivity index (χ1n) is 19.3. The number of hydrogen-bond donors (Lipinski definition) is 0. The zero-order chi connectivity index (χ0) is 38.2. The summed E-state index contributed by atoms with van der Waals surface area (Å²) in [6.45, 7) is 13.6. The molecule has 56 heavy (non-hydrogen) atoms. The molecule has 7 aromatic rings. The van der Waals surface area contributed by atoms with Crippen molar-refractivity contribution in [3.05, 3.63) is 174 Å². The van der Waals surface area contributed by atoms with Crippen LogP contribution in [-0.4, -0.2) is 35.5 Å². The molecule has 2 aromatic heterocycles. The summed E-state index contributed by atoms with van der Waals surface area (Å²) in [7, 11) is 2.18. The van der Waals surface area contributed by atoms with Crippen molar-refractivity contribution >= 4 is 53.5 Å². The number of aryl methyl sites for hydroxylation is 2. The van der Waals surface area contributed by atoms with E-state index in [0.717, 1.165) is 34.3 Å². The van der Waals surface area contributed by atoms with Crippen molar-refractivity contribution in [3.63, 3.8) is 0 Å². The zero-order valence-corrected chi connectivity index (χ0v) is 35.5. The molecule has 0 N–H and O–H groups in total. The van der Waals surface area contributed by atoms with Crippen molar-refractivity contribution in [1.29, 1.82) is 0 Å². The monoisotopic (exact) mass is 909 g/mol. The maximum Gasteiger partial charge on any atom is 0.420 e. The third kappa shape index (κ3) is 6.88. The van der Waals surface area contributed by atoms with Crippen LogP contribution in [0.3, 0.4) is 0 Å². The van der Waals surface area contributed by atoms with Crippen LogP contribution in [0.2, 0.25) is 0 Å². The summed E-state index contributed by atoms with van der Waals surface area (Å²) in [5.74, 6) is 2.88. The van der Waals surface area contributed by atoms with Crippen molar-refractivity contribution in [3.8, 4) is 11.4 Å². The summed E-state index contributed by atoms with van der Waals surface area (Å²) in [6.07, 6.45) is 5.87. The molecule has 5 aromatic carbocycles. The predicted molar refractivity (Wildman–Crippen MR) is 232 cm³/mol. The van der Waals surface area contributed by atoms with Gasteiger partial charge in [0.1, 0.15) is 5.82 Å². The molecule has 0 fully saturated rings. The first-order valence-corrected chi connectivity index (χ1v) is 19.3. The fourth-order valence-electron chi connectivity index (χ4n) is 8.43. The van der Waals surface area contributed by atoms with Gasteiger partial charge in [0.15, 0.2) is 0 Å². The summed E-state index contributed by atoms with van der Waals surface area (Å²) in [5.41, 5.74) is 13.6. The summed E-state index contributed by atoms with van der Waals surface area (Å²) < 4.78 is 2.30. The second-order valence-electron chi connectivity index (χ2n) is 15.1. The number of aromatic nitrogens is 3. The van der Waals surface area contributed by atoms with Gasteiger partial charge in [-0.1, -0.05) is 110 Å². The number of rotatable bonds is 6. The van der Waals surface area contributed by atoms with Crippen molar-refractivity contribution in [1.82, 2.24) is 14.4 Å². The van der Waals surface area contributed by atoms with Gasteiger partial charge in [-0.05, 0) is 79.0 Å². The number of benzene rings is 5. The average Bonchev–Trinajstić information content (AvgIpc) is 3.82. The number of hydrogen-bond acceptors (Lipinski definition) is 5. The summed E-state index contributed by atoms with van der Waals surface area (Å²) in [4.78, 5) is 16.5. The van der Waals surface area contributed by atoms with E-state index in [9.17, 15) is 0 Å². The van der Waals surface area contributed by atoms with Gasteiger partial charge >= 0.3 is 14.0 Å². The number of fused-ring (bicyclic) bond motifs is 4. The van der Waals surface area contributed by atoms with E-state index in [4.69, 9.17) is 4.98 Å². The second-order valence-corrected chi connectivity index (χ2v) is 15.1. The van der Waals surface area contributed by atoms with E-state index in [1.54, 1.807) is 0 Å². The first-order chi connectivity index (χ1) is 26.8. The first kappa shape index (κ1) is 38.9. The quantitative estimate of drug-likeness (QED) is 0.123. The molecule has 0 unspecified atom stereocenters. The molecule has 0 amide bonds. The smallest absolute Gasteiger partial charge is 0.420 e. The van der Waals surface area contributed by atoms with Crippen LogP contribution in [0.4, 0.5) is 28.6 Å². The minimum atomic E-state index is -0.0397. The SMILES string of the molecule is CC(C)c1cccc(C(C)C)c1B1N(C)c2ccc[c-]c2-c2nccn21.Cc1cccc(C)c1B1N(c2ccccc2)c2cccnc2N1c1[c-]cccc1.[Ir]. The maximum atomic E-state index is 4.79. The predicted octanol–water partition coefficient (Wildman–Crippen LogP) is 9.47. The standard InChI is InChI=1S/C25H21BN3.C22H25BN3.Ir/c1-19-11-9-12-20(2)24(19)26-28(21-13-5-3-6-14-21)23-17-10-18-27-25(23)29(26)22-15-7-4-8-16-22;1-15(2)17-10-8-11-18(16(3)4)21(17)23-25(5)20-12-7-6-9-19(20)22-24-13-14-26(22)23;/h3-15,17-18H,1-2H3;6-8,10-16H,1-5H3;/q2*-1;. The molecule has 2 aliphatic rings. The van der Waals surface area contributed by atoms with Crippen molar-refractivity contribution in [2.75, 3.05) is 21.5 Å². The number of anilines is 5. The van der Waals surface area contributed by atoms with E-state index in [1.165, 1.54) is 38.9 Å². The summed E-state index contributed by atoms with van der Waals surface area (Å²) in [5, 5.41) is 0. The van der Waals surface area contributed by atoms with Crippen LogP contribution >= 0.6 is 0 Å². The Hall–Kier alpha value is -5.36. The van der Waals surface area contributed by atoms with Crippen LogP contribution in [0.5, 0.6) is 0 Å². The molecule has 9 heteroatoms. The second kappa shape index (κ2) is 16.4. The zero-order valence-electron chi connectivity index (χ0n) is 33.1. The largest absolute Gasteiger partial charge is 0.436 e. The van der Waals surface area contributed by atoms with E-state index in [1.807, 2.05) is 36.7 Å². The molecular formula is C47H46B2IrN6-2. The topological polar surface area (TPSA) is 40.4 Å². The Morgan fingerprint density at radius 2 is 1.25 bits per heavy atom. The van der Waals surface area contributed by atoms with Gasteiger partial charge in [0, 0.05) is 50.2 Å². The molecule has 6 nitrogen and oxygen atoms in total. The van der Waals surface area contributed by atoms with Crippen molar-refractivity contribution in [2.24, 2.45) is 0 Å². The Morgan fingerprint density at radius 3 is 1.93 bits per heavy atom. The van der Waals surface area contributed by atoms with E-state index < -0.39 is 0 Å². The molecular weight excluding hydrogens is 862 g/mol. The van der Waals surface area contributed by atoms with Crippen LogP contribution in [0.25, 0.3) is 11.4 Å². The van der Waals surface area contributed by atoms with Crippen molar-refractivity contribution in [2.45, 2.75) is 53.4 Å². The summed E-state index contributed by atoms with van der Waals surface area (Å²) in [6, 6.07) is 49.1. The molecule has 0 atom stereocenters. The van der Waals surface area contributed by atoms with Gasteiger partial charge in [0.05, 0.1) is 5.69 Å². The Labute approximate surface area is 346 Å². The third-order valence-electron chi connectivity index (χ3n) is 10.9. The van der Waals surface area contributed by atoms with E-state index >= 15 is 0 Å². The number of para-hydroxylation sites is 2.